The molecule has 0 aliphatic heterocycles. The van der Waals surface area contributed by atoms with Crippen molar-refractivity contribution in [3.05, 3.63) is 18.0 Å². The van der Waals surface area contributed by atoms with Crippen LogP contribution in [0, 0.1) is 5.92 Å². The molecule has 1 atom stereocenters. The number of aliphatic carboxylic acids is 1. The summed E-state index contributed by atoms with van der Waals surface area (Å²) in [5.74, 6) is 0.0872. The third-order valence-corrected chi connectivity index (χ3v) is 5.19. The average Bonchev–Trinajstić information content (AvgIpc) is 2.98. The summed E-state index contributed by atoms with van der Waals surface area (Å²) in [6, 6.07) is 2.57. The Kier molecular flexibility index (Phi) is 4.91. The van der Waals surface area contributed by atoms with Gasteiger partial charge in [-0.25, -0.2) is 0 Å². The first-order chi connectivity index (χ1) is 9.08. The molecule has 1 N–H and O–H groups in total. The molecule has 0 spiro atoms. The molecule has 1 aliphatic rings. The second-order valence-electron chi connectivity index (χ2n) is 5.54. The molecule has 0 saturated heterocycles. The van der Waals surface area contributed by atoms with Crippen LogP contribution in [0.15, 0.2) is 12.3 Å². The van der Waals surface area contributed by atoms with Gasteiger partial charge in [0.2, 0.25) is 0 Å². The highest BCUT2D eigenvalue weighted by Gasteiger charge is 2.22. The van der Waals surface area contributed by atoms with Crippen molar-refractivity contribution in [2.24, 2.45) is 5.92 Å². The highest BCUT2D eigenvalue weighted by molar-refractivity contribution is 7.99. The van der Waals surface area contributed by atoms with Crippen molar-refractivity contribution in [3.8, 4) is 0 Å². The van der Waals surface area contributed by atoms with Crippen LogP contribution in [-0.4, -0.2) is 26.1 Å². The maximum atomic E-state index is 11.1. The first-order valence-electron chi connectivity index (χ1n) is 6.96. The lowest BCUT2D eigenvalue weighted by molar-refractivity contribution is -0.137. The van der Waals surface area contributed by atoms with E-state index in [0.29, 0.717) is 11.8 Å². The second kappa shape index (κ2) is 6.46. The molecule has 0 radical (unpaired) electrons. The van der Waals surface area contributed by atoms with Crippen molar-refractivity contribution in [1.29, 1.82) is 0 Å². The van der Waals surface area contributed by atoms with E-state index in [9.17, 15) is 4.79 Å². The van der Waals surface area contributed by atoms with E-state index in [0.717, 1.165) is 5.69 Å². The van der Waals surface area contributed by atoms with Crippen molar-refractivity contribution in [2.45, 2.75) is 56.6 Å². The van der Waals surface area contributed by atoms with Crippen LogP contribution in [0.25, 0.3) is 0 Å². The molecule has 0 amide bonds. The molecule has 1 aromatic heterocycles. The van der Waals surface area contributed by atoms with Crippen LogP contribution in [0.4, 0.5) is 0 Å². The predicted molar refractivity (Wildman–Crippen MR) is 77.3 cm³/mol. The second-order valence-corrected chi connectivity index (χ2v) is 6.67. The van der Waals surface area contributed by atoms with Crippen molar-refractivity contribution < 1.29 is 9.90 Å². The van der Waals surface area contributed by atoms with E-state index in [4.69, 9.17) is 5.11 Å². The van der Waals surface area contributed by atoms with E-state index in [-0.39, 0.29) is 11.2 Å². The van der Waals surface area contributed by atoms with Gasteiger partial charge in [0.1, 0.15) is 5.25 Å². The summed E-state index contributed by atoms with van der Waals surface area (Å²) in [6.45, 7) is 3.89. The minimum absolute atomic E-state index is 0.138. The van der Waals surface area contributed by atoms with Crippen molar-refractivity contribution in [2.75, 3.05) is 0 Å². The fraction of sp³-hybridized carbons (Fsp3) is 0.714. The fourth-order valence-corrected chi connectivity index (χ4v) is 3.58. The van der Waals surface area contributed by atoms with Gasteiger partial charge in [0.05, 0.1) is 11.7 Å². The molecule has 1 heterocycles. The number of hydrogen-bond donors (Lipinski definition) is 1. The topological polar surface area (TPSA) is 55.1 Å². The Bertz CT molecular complexity index is 425. The van der Waals surface area contributed by atoms with Crippen LogP contribution in [0.1, 0.15) is 51.3 Å². The van der Waals surface area contributed by atoms with Gasteiger partial charge in [-0.3, -0.25) is 9.48 Å². The van der Waals surface area contributed by atoms with Crippen molar-refractivity contribution in [3.63, 3.8) is 0 Å². The number of thioether (sulfide) groups is 1. The first kappa shape index (κ1) is 14.4. The molecular weight excluding hydrogens is 260 g/mol. The fourth-order valence-electron chi connectivity index (χ4n) is 2.55. The molecule has 106 valence electrons. The summed E-state index contributed by atoms with van der Waals surface area (Å²) >= 11 is 1.47. The number of rotatable bonds is 6. The molecule has 2 rings (SSSR count). The minimum atomic E-state index is -0.727. The van der Waals surface area contributed by atoms with E-state index in [1.165, 1.54) is 37.4 Å². The van der Waals surface area contributed by atoms with Gasteiger partial charge >= 0.3 is 5.97 Å². The summed E-state index contributed by atoms with van der Waals surface area (Å²) in [4.78, 5) is 11.1. The Morgan fingerprint density at radius 3 is 2.79 bits per heavy atom. The maximum Gasteiger partial charge on any atom is 0.316 e. The minimum Gasteiger partial charge on any atom is -0.480 e. The van der Waals surface area contributed by atoms with E-state index < -0.39 is 5.97 Å². The third-order valence-electron chi connectivity index (χ3n) is 3.62. The van der Waals surface area contributed by atoms with Gasteiger partial charge in [-0.2, -0.15) is 5.10 Å². The highest BCUT2D eigenvalue weighted by atomic mass is 32.2. The Hall–Kier alpha value is -0.970. The number of carbonyl (C=O) groups is 1. The summed E-state index contributed by atoms with van der Waals surface area (Å²) in [7, 11) is 0. The first-order valence-corrected chi connectivity index (χ1v) is 8.01. The van der Waals surface area contributed by atoms with Crippen molar-refractivity contribution >= 4 is 17.7 Å². The van der Waals surface area contributed by atoms with Gasteiger partial charge in [-0.1, -0.05) is 26.7 Å². The predicted octanol–water partition coefficient (Wildman–Crippen LogP) is 3.34. The molecule has 19 heavy (non-hydrogen) atoms. The molecule has 1 aliphatic carbocycles. The lowest BCUT2D eigenvalue weighted by Crippen LogP contribution is -2.22. The van der Waals surface area contributed by atoms with E-state index in [1.54, 1.807) is 0 Å². The quantitative estimate of drug-likeness (QED) is 0.869. The molecule has 1 aromatic rings. The molecule has 0 aromatic carbocycles. The van der Waals surface area contributed by atoms with Crippen LogP contribution in [0.2, 0.25) is 0 Å². The number of carboxylic acid groups (broad SMARTS) is 1. The van der Waals surface area contributed by atoms with Gasteiger partial charge in [0.15, 0.2) is 0 Å². The monoisotopic (exact) mass is 282 g/mol. The summed E-state index contributed by atoms with van der Waals surface area (Å²) in [5.41, 5.74) is 0.990. The largest absolute Gasteiger partial charge is 0.480 e. The lowest BCUT2D eigenvalue weighted by atomic mass is 10.1. The van der Waals surface area contributed by atoms with E-state index >= 15 is 0 Å². The molecule has 1 fully saturated rings. The Labute approximate surface area is 118 Å². The highest BCUT2D eigenvalue weighted by Crippen LogP contribution is 2.29. The molecule has 1 unspecified atom stereocenters. The van der Waals surface area contributed by atoms with Crippen LogP contribution >= 0.6 is 11.8 Å². The van der Waals surface area contributed by atoms with E-state index in [1.807, 2.05) is 26.1 Å². The van der Waals surface area contributed by atoms with Crippen LogP contribution in [0.3, 0.4) is 0 Å². The zero-order chi connectivity index (χ0) is 13.8. The maximum absolute atomic E-state index is 11.1. The zero-order valence-corrected chi connectivity index (χ0v) is 12.4. The SMILES string of the molecule is CC(C)C(SCc1ccn(C2CCCC2)n1)C(=O)O. The Balaban J connectivity index is 1.90. The smallest absolute Gasteiger partial charge is 0.316 e. The number of carboxylic acids is 1. The summed E-state index contributed by atoms with van der Waals surface area (Å²) < 4.78 is 2.06. The van der Waals surface area contributed by atoms with Crippen LogP contribution in [0.5, 0.6) is 0 Å². The standard InChI is InChI=1S/C14H22N2O2S/c1-10(2)13(14(17)18)19-9-11-7-8-16(15-11)12-5-3-4-6-12/h7-8,10,12-13H,3-6,9H2,1-2H3,(H,17,18). The number of nitrogens with zero attached hydrogens (tertiary/aromatic N) is 2. The van der Waals surface area contributed by atoms with Crippen molar-refractivity contribution in [1.82, 2.24) is 9.78 Å². The Morgan fingerprint density at radius 1 is 1.53 bits per heavy atom. The van der Waals surface area contributed by atoms with Gasteiger partial charge < -0.3 is 5.11 Å². The average molecular weight is 282 g/mol. The van der Waals surface area contributed by atoms with Gasteiger partial charge in [-0.15, -0.1) is 11.8 Å². The molecule has 5 heteroatoms. The lowest BCUT2D eigenvalue weighted by Gasteiger charge is -2.14. The van der Waals surface area contributed by atoms with E-state index in [2.05, 4.69) is 9.78 Å². The molecular formula is C14H22N2O2S. The molecule has 0 bridgehead atoms. The van der Waals surface area contributed by atoms with Gasteiger partial charge in [0.25, 0.3) is 0 Å². The molecule has 1 saturated carbocycles. The van der Waals surface area contributed by atoms with Gasteiger partial charge in [0, 0.05) is 11.9 Å². The number of aromatic nitrogens is 2. The number of hydrogen-bond acceptors (Lipinski definition) is 3. The molecule has 4 nitrogen and oxygen atoms in total. The third kappa shape index (κ3) is 3.75. The normalized spacial score (nSPS) is 18.1. The van der Waals surface area contributed by atoms with Crippen LogP contribution < -0.4 is 0 Å². The summed E-state index contributed by atoms with van der Waals surface area (Å²) in [6.07, 6.45) is 7.07. The van der Waals surface area contributed by atoms with Gasteiger partial charge in [-0.05, 0) is 24.8 Å². The summed E-state index contributed by atoms with van der Waals surface area (Å²) in [5, 5.41) is 13.4. The Morgan fingerprint density at radius 2 is 2.21 bits per heavy atom. The zero-order valence-electron chi connectivity index (χ0n) is 11.6. The van der Waals surface area contributed by atoms with Crippen LogP contribution in [-0.2, 0) is 10.5 Å².